The van der Waals surface area contributed by atoms with Gasteiger partial charge >= 0.3 is 0 Å². The highest BCUT2D eigenvalue weighted by molar-refractivity contribution is 5.22. The molecule has 1 fully saturated rings. The van der Waals surface area contributed by atoms with E-state index in [-0.39, 0.29) is 12.2 Å². The number of aryl methyl sites for hydroxylation is 1. The zero-order valence-electron chi connectivity index (χ0n) is 16.8. The Hall–Kier alpha value is -0.980. The topological polar surface area (TPSA) is 50.2 Å². The van der Waals surface area contributed by atoms with Crippen molar-refractivity contribution in [1.29, 1.82) is 0 Å². The molecule has 0 saturated carbocycles. The first kappa shape index (κ1) is 21.3. The normalized spacial score (nSPS) is 21.0. The number of aliphatic hydroxyl groups excluding tert-OH is 2. The Morgan fingerprint density at radius 2 is 1.12 bits per heavy atom. The zero-order chi connectivity index (χ0) is 18.9. The highest BCUT2D eigenvalue weighted by Crippen LogP contribution is 2.10. The van der Waals surface area contributed by atoms with Crippen LogP contribution < -0.4 is 0 Å². The molecule has 0 aliphatic carbocycles. The fourth-order valence-corrected chi connectivity index (χ4v) is 3.59. The van der Waals surface area contributed by atoms with Gasteiger partial charge < -0.3 is 10.2 Å². The predicted octanol–water partition coefficient (Wildman–Crippen LogP) is 1.43. The standard InChI is InChI=1S/C21H37N3O2/c1-4-20-5-7-21(8-6-20)17-24-13-11-22(15-18(2)25)9-10-23(12-14-24)16-19(3)26/h5-8,18-19,25-26H,4,9-17H2,1-3H3/t18-,19-/m0/s1. The van der Waals surface area contributed by atoms with E-state index in [0.717, 1.165) is 52.2 Å². The van der Waals surface area contributed by atoms with Crippen molar-refractivity contribution in [1.82, 2.24) is 14.7 Å². The second kappa shape index (κ2) is 11.0. The van der Waals surface area contributed by atoms with Crippen molar-refractivity contribution >= 4 is 0 Å². The molecule has 1 aliphatic heterocycles. The summed E-state index contributed by atoms with van der Waals surface area (Å²) in [6.07, 6.45) is 0.457. The fourth-order valence-electron chi connectivity index (χ4n) is 3.59. The van der Waals surface area contributed by atoms with E-state index in [1.807, 2.05) is 13.8 Å². The summed E-state index contributed by atoms with van der Waals surface area (Å²) >= 11 is 0. The van der Waals surface area contributed by atoms with Crippen molar-refractivity contribution in [3.8, 4) is 0 Å². The molecular weight excluding hydrogens is 326 g/mol. The Balaban J connectivity index is 2.01. The van der Waals surface area contributed by atoms with E-state index in [1.54, 1.807) is 0 Å². The summed E-state index contributed by atoms with van der Waals surface area (Å²) in [5.74, 6) is 0. The molecule has 0 aromatic heterocycles. The van der Waals surface area contributed by atoms with E-state index in [4.69, 9.17) is 0 Å². The van der Waals surface area contributed by atoms with E-state index in [2.05, 4.69) is 45.9 Å². The summed E-state index contributed by atoms with van der Waals surface area (Å²) < 4.78 is 0. The summed E-state index contributed by atoms with van der Waals surface area (Å²) in [5, 5.41) is 19.6. The van der Waals surface area contributed by atoms with Gasteiger partial charge in [0.15, 0.2) is 0 Å². The third kappa shape index (κ3) is 7.72. The van der Waals surface area contributed by atoms with Crippen LogP contribution in [0.4, 0.5) is 0 Å². The molecule has 5 nitrogen and oxygen atoms in total. The van der Waals surface area contributed by atoms with Gasteiger partial charge in [0.25, 0.3) is 0 Å². The molecule has 0 bridgehead atoms. The molecule has 1 aromatic rings. The van der Waals surface area contributed by atoms with E-state index in [9.17, 15) is 10.2 Å². The van der Waals surface area contributed by atoms with Crippen molar-refractivity contribution in [3.05, 3.63) is 35.4 Å². The average Bonchev–Trinajstić information content (AvgIpc) is 2.68. The molecule has 0 amide bonds. The van der Waals surface area contributed by atoms with Crippen LogP contribution in [-0.4, -0.2) is 89.5 Å². The van der Waals surface area contributed by atoms with Crippen molar-refractivity contribution in [2.75, 3.05) is 52.4 Å². The van der Waals surface area contributed by atoms with Crippen LogP contribution in [0.25, 0.3) is 0 Å². The molecule has 0 unspecified atom stereocenters. The lowest BCUT2D eigenvalue weighted by molar-refractivity contribution is 0.102. The second-order valence-electron chi connectivity index (χ2n) is 7.75. The van der Waals surface area contributed by atoms with E-state index >= 15 is 0 Å². The Morgan fingerprint density at radius 1 is 0.731 bits per heavy atom. The van der Waals surface area contributed by atoms with Crippen LogP contribution in [-0.2, 0) is 13.0 Å². The van der Waals surface area contributed by atoms with Crippen molar-refractivity contribution < 1.29 is 10.2 Å². The van der Waals surface area contributed by atoms with E-state index in [1.165, 1.54) is 11.1 Å². The molecule has 0 spiro atoms. The number of aliphatic hydroxyl groups is 2. The molecule has 1 heterocycles. The summed E-state index contributed by atoms with van der Waals surface area (Å²) in [6, 6.07) is 8.94. The maximum absolute atomic E-state index is 9.79. The molecule has 1 saturated heterocycles. The summed E-state index contributed by atoms with van der Waals surface area (Å²) in [4.78, 5) is 7.19. The van der Waals surface area contributed by atoms with Gasteiger partial charge in [-0.2, -0.15) is 0 Å². The first-order chi connectivity index (χ1) is 12.5. The number of nitrogens with zero attached hydrogens (tertiary/aromatic N) is 3. The molecule has 2 N–H and O–H groups in total. The van der Waals surface area contributed by atoms with Crippen LogP contribution in [0.2, 0.25) is 0 Å². The predicted molar refractivity (Wildman–Crippen MR) is 107 cm³/mol. The Labute approximate surface area is 159 Å². The SMILES string of the molecule is CCc1ccc(CN2CCN(C[C@H](C)O)CCN(C[C@H](C)O)CC2)cc1. The highest BCUT2D eigenvalue weighted by Gasteiger charge is 2.18. The van der Waals surface area contributed by atoms with Crippen LogP contribution in [0.15, 0.2) is 24.3 Å². The molecule has 5 heteroatoms. The van der Waals surface area contributed by atoms with Gasteiger partial charge in [-0.1, -0.05) is 31.2 Å². The molecule has 148 valence electrons. The molecule has 1 aliphatic rings. The van der Waals surface area contributed by atoms with E-state index < -0.39 is 0 Å². The summed E-state index contributed by atoms with van der Waals surface area (Å²) in [7, 11) is 0. The molecule has 2 atom stereocenters. The molecule has 26 heavy (non-hydrogen) atoms. The Kier molecular flexibility index (Phi) is 9.02. The van der Waals surface area contributed by atoms with E-state index in [0.29, 0.717) is 13.1 Å². The maximum Gasteiger partial charge on any atom is 0.0639 e. The third-order valence-electron chi connectivity index (χ3n) is 5.08. The number of rotatable bonds is 7. The highest BCUT2D eigenvalue weighted by atomic mass is 16.3. The number of benzene rings is 1. The molecule has 0 radical (unpaired) electrons. The second-order valence-corrected chi connectivity index (χ2v) is 7.75. The zero-order valence-corrected chi connectivity index (χ0v) is 16.8. The van der Waals surface area contributed by atoms with Gasteiger partial charge in [0.1, 0.15) is 0 Å². The molecule has 1 aromatic carbocycles. The minimum absolute atomic E-state index is 0.309. The van der Waals surface area contributed by atoms with Crippen LogP contribution in [0.5, 0.6) is 0 Å². The van der Waals surface area contributed by atoms with Gasteiger partial charge in [-0.25, -0.2) is 0 Å². The van der Waals surface area contributed by atoms with Gasteiger partial charge in [-0.3, -0.25) is 14.7 Å². The summed E-state index contributed by atoms with van der Waals surface area (Å²) in [5.41, 5.74) is 2.73. The van der Waals surface area contributed by atoms with Gasteiger partial charge in [-0.05, 0) is 31.4 Å². The monoisotopic (exact) mass is 363 g/mol. The van der Waals surface area contributed by atoms with Crippen LogP contribution in [0.1, 0.15) is 31.9 Å². The third-order valence-corrected chi connectivity index (χ3v) is 5.08. The van der Waals surface area contributed by atoms with Crippen molar-refractivity contribution in [2.24, 2.45) is 0 Å². The molecular formula is C21H37N3O2. The smallest absolute Gasteiger partial charge is 0.0639 e. The minimum atomic E-state index is -0.309. The maximum atomic E-state index is 9.79. The fraction of sp³-hybridized carbons (Fsp3) is 0.714. The van der Waals surface area contributed by atoms with Crippen LogP contribution in [0.3, 0.4) is 0 Å². The number of β-amino-alcohol motifs (C(OH)–C–C–N with tert-alkyl or cyclic N) is 2. The minimum Gasteiger partial charge on any atom is -0.392 e. The quantitative estimate of drug-likeness (QED) is 0.768. The average molecular weight is 364 g/mol. The largest absolute Gasteiger partial charge is 0.392 e. The van der Waals surface area contributed by atoms with Gasteiger partial charge in [0.2, 0.25) is 0 Å². The number of hydrogen-bond donors (Lipinski definition) is 2. The first-order valence-electron chi connectivity index (χ1n) is 10.1. The van der Waals surface area contributed by atoms with Crippen LogP contribution in [0, 0.1) is 0 Å². The number of hydrogen-bond acceptors (Lipinski definition) is 5. The lowest BCUT2D eigenvalue weighted by Crippen LogP contribution is -2.41. The summed E-state index contributed by atoms with van der Waals surface area (Å²) in [6.45, 7) is 14.1. The Bertz CT molecular complexity index is 482. The van der Waals surface area contributed by atoms with Crippen molar-refractivity contribution in [3.63, 3.8) is 0 Å². The van der Waals surface area contributed by atoms with Crippen LogP contribution >= 0.6 is 0 Å². The van der Waals surface area contributed by atoms with Gasteiger partial charge in [0, 0.05) is 58.9 Å². The lowest BCUT2D eigenvalue weighted by atomic mass is 10.1. The van der Waals surface area contributed by atoms with Gasteiger partial charge in [-0.15, -0.1) is 0 Å². The lowest BCUT2D eigenvalue weighted by Gasteiger charge is -2.27. The first-order valence-corrected chi connectivity index (χ1v) is 10.1. The van der Waals surface area contributed by atoms with Crippen molar-refractivity contribution in [2.45, 2.75) is 45.9 Å². The Morgan fingerprint density at radius 3 is 1.50 bits per heavy atom. The molecule has 2 rings (SSSR count). The van der Waals surface area contributed by atoms with Gasteiger partial charge in [0.05, 0.1) is 12.2 Å².